The lowest BCUT2D eigenvalue weighted by Crippen LogP contribution is -2.40. The van der Waals surface area contributed by atoms with Crippen LogP contribution in [0, 0.1) is 12.7 Å². The van der Waals surface area contributed by atoms with Crippen molar-refractivity contribution in [3.8, 4) is 5.69 Å². The molecule has 1 aromatic heterocycles. The van der Waals surface area contributed by atoms with E-state index in [-0.39, 0.29) is 11.7 Å². The van der Waals surface area contributed by atoms with Gasteiger partial charge in [0.15, 0.2) is 0 Å². The largest absolute Gasteiger partial charge is 0.339 e. The Kier molecular flexibility index (Phi) is 3.98. The van der Waals surface area contributed by atoms with Gasteiger partial charge >= 0.3 is 0 Å². The van der Waals surface area contributed by atoms with Gasteiger partial charge in [0.1, 0.15) is 11.0 Å². The highest BCUT2D eigenvalue weighted by molar-refractivity contribution is 6.31. The van der Waals surface area contributed by atoms with Gasteiger partial charge in [0.25, 0.3) is 0 Å². The minimum Gasteiger partial charge on any atom is -0.339 e. The molecule has 1 aliphatic heterocycles. The molecule has 0 unspecified atom stereocenters. The molecule has 0 spiro atoms. The Morgan fingerprint density at radius 3 is 2.59 bits per heavy atom. The van der Waals surface area contributed by atoms with E-state index in [1.165, 1.54) is 22.9 Å². The van der Waals surface area contributed by atoms with E-state index in [1.54, 1.807) is 23.1 Å². The van der Waals surface area contributed by atoms with Crippen molar-refractivity contribution < 1.29 is 9.18 Å². The zero-order valence-electron chi connectivity index (χ0n) is 12.1. The second kappa shape index (κ2) is 5.93. The van der Waals surface area contributed by atoms with Crippen molar-refractivity contribution in [2.75, 3.05) is 13.1 Å². The summed E-state index contributed by atoms with van der Waals surface area (Å²) >= 11 is 6.35. The minimum absolute atomic E-state index is 0.0174. The van der Waals surface area contributed by atoms with Crippen LogP contribution < -0.4 is 0 Å². The summed E-state index contributed by atoms with van der Waals surface area (Å²) in [6, 6.07) is 5.91. The molecule has 0 bridgehead atoms. The van der Waals surface area contributed by atoms with E-state index in [2.05, 4.69) is 5.10 Å². The first-order valence-corrected chi connectivity index (χ1v) is 7.42. The smallest absolute Gasteiger partial charge is 0.246 e. The first kappa shape index (κ1) is 14.8. The summed E-state index contributed by atoms with van der Waals surface area (Å²) < 4.78 is 14.5. The molecule has 0 N–H and O–H groups in total. The Balaban J connectivity index is 1.88. The molecular formula is C16H15ClFN3O. The van der Waals surface area contributed by atoms with Gasteiger partial charge < -0.3 is 4.90 Å². The first-order valence-electron chi connectivity index (χ1n) is 7.04. The minimum atomic E-state index is -0.316. The molecule has 22 heavy (non-hydrogen) atoms. The lowest BCUT2D eigenvalue weighted by molar-refractivity contribution is -0.129. The van der Waals surface area contributed by atoms with Gasteiger partial charge in [-0.2, -0.15) is 5.10 Å². The fraction of sp³-hybridized carbons (Fsp3) is 0.250. The monoisotopic (exact) mass is 319 g/mol. The van der Waals surface area contributed by atoms with Crippen LogP contribution in [0.5, 0.6) is 0 Å². The molecule has 2 aromatic rings. The normalized spacial score (nSPS) is 14.4. The third kappa shape index (κ3) is 2.76. The number of aromatic nitrogens is 2. The van der Waals surface area contributed by atoms with Gasteiger partial charge in [0, 0.05) is 24.7 Å². The number of hydrogen-bond donors (Lipinski definition) is 0. The molecule has 3 rings (SSSR count). The van der Waals surface area contributed by atoms with Crippen LogP contribution in [-0.4, -0.2) is 33.7 Å². The van der Waals surface area contributed by atoms with Crippen molar-refractivity contribution in [3.05, 3.63) is 52.6 Å². The Labute approximate surface area is 132 Å². The zero-order valence-corrected chi connectivity index (χ0v) is 12.8. The van der Waals surface area contributed by atoms with Crippen LogP contribution in [0.4, 0.5) is 4.39 Å². The number of nitrogens with zero attached hydrogens (tertiary/aromatic N) is 3. The molecule has 6 heteroatoms. The molecule has 1 saturated heterocycles. The summed E-state index contributed by atoms with van der Waals surface area (Å²) in [5, 5.41) is 4.75. The fourth-order valence-electron chi connectivity index (χ4n) is 2.25. The topological polar surface area (TPSA) is 38.1 Å². The van der Waals surface area contributed by atoms with Crippen molar-refractivity contribution >= 4 is 23.6 Å². The van der Waals surface area contributed by atoms with Gasteiger partial charge in [0.2, 0.25) is 5.91 Å². The fourth-order valence-corrected chi connectivity index (χ4v) is 2.59. The van der Waals surface area contributed by atoms with Crippen LogP contribution in [0.1, 0.15) is 17.7 Å². The second-order valence-electron chi connectivity index (χ2n) is 5.19. The summed E-state index contributed by atoms with van der Waals surface area (Å²) in [4.78, 5) is 13.6. The van der Waals surface area contributed by atoms with E-state index in [4.69, 9.17) is 11.6 Å². The Morgan fingerprint density at radius 2 is 2.00 bits per heavy atom. The number of hydrogen-bond acceptors (Lipinski definition) is 2. The van der Waals surface area contributed by atoms with Crippen LogP contribution in [-0.2, 0) is 4.79 Å². The Morgan fingerprint density at radius 1 is 1.32 bits per heavy atom. The van der Waals surface area contributed by atoms with Crippen molar-refractivity contribution in [2.24, 2.45) is 0 Å². The van der Waals surface area contributed by atoms with Gasteiger partial charge in [-0.1, -0.05) is 11.6 Å². The quantitative estimate of drug-likeness (QED) is 0.815. The summed E-state index contributed by atoms with van der Waals surface area (Å²) in [6.45, 7) is 3.44. The van der Waals surface area contributed by atoms with Crippen LogP contribution >= 0.6 is 11.6 Å². The Bertz CT molecular complexity index is 733. The van der Waals surface area contributed by atoms with E-state index in [0.29, 0.717) is 22.1 Å². The molecule has 1 aromatic carbocycles. The summed E-state index contributed by atoms with van der Waals surface area (Å²) in [5.74, 6) is -0.333. The predicted octanol–water partition coefficient (Wildman–Crippen LogP) is 3.22. The summed E-state index contributed by atoms with van der Waals surface area (Å²) in [5.41, 5.74) is 2.07. The Hall–Kier alpha value is -2.14. The number of aryl methyl sites for hydroxylation is 1. The average Bonchev–Trinajstić information content (AvgIpc) is 2.71. The zero-order chi connectivity index (χ0) is 15.7. The molecule has 1 aliphatic rings. The van der Waals surface area contributed by atoms with Crippen molar-refractivity contribution in [3.63, 3.8) is 0 Å². The van der Waals surface area contributed by atoms with Crippen LogP contribution in [0.2, 0.25) is 5.15 Å². The van der Waals surface area contributed by atoms with Gasteiger partial charge in [-0.25, -0.2) is 9.07 Å². The highest BCUT2D eigenvalue weighted by Gasteiger charge is 2.18. The maximum atomic E-state index is 13.0. The molecule has 1 amide bonds. The highest BCUT2D eigenvalue weighted by Crippen LogP contribution is 2.25. The summed E-state index contributed by atoms with van der Waals surface area (Å²) in [6.07, 6.45) is 4.26. The number of rotatable bonds is 3. The molecule has 1 fully saturated rings. The van der Waals surface area contributed by atoms with E-state index in [1.807, 2.05) is 6.92 Å². The molecule has 4 nitrogen and oxygen atoms in total. The highest BCUT2D eigenvalue weighted by atomic mass is 35.5. The third-order valence-electron chi connectivity index (χ3n) is 3.68. The lowest BCUT2D eigenvalue weighted by Gasteiger charge is -2.29. The number of carbonyl (C=O) groups is 1. The van der Waals surface area contributed by atoms with Crippen LogP contribution in [0.25, 0.3) is 11.8 Å². The molecular weight excluding hydrogens is 305 g/mol. The molecule has 0 radical (unpaired) electrons. The van der Waals surface area contributed by atoms with Crippen molar-refractivity contribution in [2.45, 2.75) is 13.3 Å². The maximum absolute atomic E-state index is 13.0. The first-order chi connectivity index (χ1) is 10.6. The van der Waals surface area contributed by atoms with Gasteiger partial charge in [-0.05, 0) is 43.7 Å². The second-order valence-corrected chi connectivity index (χ2v) is 5.55. The number of amides is 1. The number of halogens is 2. The van der Waals surface area contributed by atoms with Crippen LogP contribution in [0.3, 0.4) is 0 Å². The number of carbonyl (C=O) groups excluding carboxylic acids is 1. The maximum Gasteiger partial charge on any atom is 0.246 e. The molecule has 2 heterocycles. The van der Waals surface area contributed by atoms with Crippen molar-refractivity contribution in [1.82, 2.24) is 14.7 Å². The number of likely N-dealkylation sites (tertiary alicyclic amines) is 1. The van der Waals surface area contributed by atoms with E-state index in [9.17, 15) is 9.18 Å². The molecule has 0 aliphatic carbocycles. The lowest BCUT2D eigenvalue weighted by atomic mass is 10.2. The number of benzene rings is 1. The predicted molar refractivity (Wildman–Crippen MR) is 83.5 cm³/mol. The molecule has 0 saturated carbocycles. The van der Waals surface area contributed by atoms with E-state index in [0.717, 1.165) is 19.5 Å². The molecule has 114 valence electrons. The standard InChI is InChI=1S/C16H15ClFN3O/c1-11-14(7-8-15(22)20-9-2-10-20)16(17)21(19-11)13-5-3-12(18)4-6-13/h3-8H,2,9-10H2,1H3/b8-7+. The van der Waals surface area contributed by atoms with E-state index < -0.39 is 0 Å². The SMILES string of the molecule is Cc1nn(-c2ccc(F)cc2)c(Cl)c1/C=C/C(=O)N1CCC1. The van der Waals surface area contributed by atoms with Gasteiger partial charge in [-0.15, -0.1) is 0 Å². The third-order valence-corrected chi connectivity index (χ3v) is 4.04. The molecule has 0 atom stereocenters. The van der Waals surface area contributed by atoms with Gasteiger partial charge in [-0.3, -0.25) is 4.79 Å². The van der Waals surface area contributed by atoms with Crippen LogP contribution in [0.15, 0.2) is 30.3 Å². The van der Waals surface area contributed by atoms with Crippen molar-refractivity contribution in [1.29, 1.82) is 0 Å². The summed E-state index contributed by atoms with van der Waals surface area (Å²) in [7, 11) is 0. The van der Waals surface area contributed by atoms with E-state index >= 15 is 0 Å². The average molecular weight is 320 g/mol. The van der Waals surface area contributed by atoms with Gasteiger partial charge in [0.05, 0.1) is 11.4 Å².